The minimum Gasteiger partial charge on any atom is -0.494 e. The smallest absolute Gasteiger partial charge is 0.253 e. The Kier molecular flexibility index (Phi) is 6.45. The first kappa shape index (κ1) is 22.0. The van der Waals surface area contributed by atoms with E-state index in [-0.39, 0.29) is 22.6 Å². The third-order valence-electron chi connectivity index (χ3n) is 5.80. The fraction of sp³-hybridized carbons (Fsp3) is 0.455. The van der Waals surface area contributed by atoms with Crippen molar-refractivity contribution < 1.29 is 22.7 Å². The molecular weight excluding hydrogens is 436 g/mol. The summed E-state index contributed by atoms with van der Waals surface area (Å²) in [6.07, 6.45) is 4.14. The van der Waals surface area contributed by atoms with Gasteiger partial charge in [-0.15, -0.1) is 11.3 Å². The number of hydrogen-bond acceptors (Lipinski definition) is 6. The highest BCUT2D eigenvalue weighted by atomic mass is 32.2. The fourth-order valence-corrected chi connectivity index (χ4v) is 7.33. The van der Waals surface area contributed by atoms with Gasteiger partial charge in [0.05, 0.1) is 18.7 Å². The van der Waals surface area contributed by atoms with Crippen LogP contribution in [0.4, 0.5) is 5.69 Å². The SMILES string of the molecule is CCOc1ccc(N2C(=O)CC(N(C3CCCCC3)S(=O)(=O)c3cccs3)C2=O)cc1. The maximum atomic E-state index is 13.5. The second-order valence-electron chi connectivity index (χ2n) is 7.77. The molecule has 2 amide bonds. The molecule has 0 bridgehead atoms. The molecule has 2 heterocycles. The summed E-state index contributed by atoms with van der Waals surface area (Å²) in [5.41, 5.74) is 0.429. The van der Waals surface area contributed by atoms with Crippen molar-refractivity contribution in [3.05, 3.63) is 41.8 Å². The molecule has 2 aliphatic rings. The van der Waals surface area contributed by atoms with E-state index in [1.54, 1.807) is 41.8 Å². The standard InChI is InChI=1S/C22H26N2O5S2/c1-2-29-18-12-10-16(11-13-18)23-20(25)15-19(22(23)26)24(17-7-4-3-5-8-17)31(27,28)21-9-6-14-30-21/h6,9-14,17,19H,2-5,7-8,15H2,1H3. The molecule has 1 aromatic carbocycles. The highest BCUT2D eigenvalue weighted by molar-refractivity contribution is 7.91. The molecule has 1 aromatic heterocycles. The Morgan fingerprint density at radius 3 is 2.42 bits per heavy atom. The van der Waals surface area contributed by atoms with Crippen molar-refractivity contribution in [2.75, 3.05) is 11.5 Å². The van der Waals surface area contributed by atoms with Gasteiger partial charge in [-0.1, -0.05) is 25.3 Å². The van der Waals surface area contributed by atoms with Crippen LogP contribution in [0.25, 0.3) is 0 Å². The molecule has 1 saturated heterocycles. The van der Waals surface area contributed by atoms with E-state index in [2.05, 4.69) is 0 Å². The molecule has 0 radical (unpaired) electrons. The van der Waals surface area contributed by atoms with Crippen LogP contribution in [-0.4, -0.2) is 43.2 Å². The van der Waals surface area contributed by atoms with Crippen LogP contribution in [0.3, 0.4) is 0 Å². The monoisotopic (exact) mass is 462 g/mol. The first-order chi connectivity index (χ1) is 14.9. The van der Waals surface area contributed by atoms with Gasteiger partial charge >= 0.3 is 0 Å². The molecule has 0 spiro atoms. The van der Waals surface area contributed by atoms with Crippen molar-refractivity contribution in [3.8, 4) is 5.75 Å². The number of benzene rings is 1. The van der Waals surface area contributed by atoms with E-state index in [9.17, 15) is 18.0 Å². The zero-order chi connectivity index (χ0) is 22.0. The number of ether oxygens (including phenoxy) is 1. The topological polar surface area (TPSA) is 84.0 Å². The van der Waals surface area contributed by atoms with E-state index in [4.69, 9.17) is 4.74 Å². The summed E-state index contributed by atoms with van der Waals surface area (Å²) in [4.78, 5) is 27.4. The number of carbonyl (C=O) groups is 2. The zero-order valence-electron chi connectivity index (χ0n) is 17.4. The molecule has 1 aliphatic heterocycles. The van der Waals surface area contributed by atoms with Gasteiger partial charge in [-0.3, -0.25) is 9.59 Å². The Balaban J connectivity index is 1.67. The number of carbonyl (C=O) groups excluding carboxylic acids is 2. The second-order valence-corrected chi connectivity index (χ2v) is 10.8. The summed E-state index contributed by atoms with van der Waals surface area (Å²) in [5, 5.41) is 1.71. The van der Waals surface area contributed by atoms with Crippen LogP contribution in [0.15, 0.2) is 46.0 Å². The minimum atomic E-state index is -3.88. The van der Waals surface area contributed by atoms with Crippen molar-refractivity contribution in [3.63, 3.8) is 0 Å². The van der Waals surface area contributed by atoms with Gasteiger partial charge in [-0.05, 0) is 55.5 Å². The van der Waals surface area contributed by atoms with Crippen molar-refractivity contribution in [2.24, 2.45) is 0 Å². The Hall–Kier alpha value is -2.23. The lowest BCUT2D eigenvalue weighted by Gasteiger charge is -2.35. The van der Waals surface area contributed by atoms with Crippen LogP contribution in [0.1, 0.15) is 45.4 Å². The van der Waals surface area contributed by atoms with E-state index in [0.717, 1.165) is 35.5 Å². The first-order valence-corrected chi connectivity index (χ1v) is 12.9. The van der Waals surface area contributed by atoms with Gasteiger partial charge in [0, 0.05) is 6.04 Å². The molecule has 1 aliphatic carbocycles. The van der Waals surface area contributed by atoms with Gasteiger partial charge in [0.15, 0.2) is 0 Å². The second kappa shape index (κ2) is 9.10. The molecule has 7 nitrogen and oxygen atoms in total. The molecular formula is C22H26N2O5S2. The lowest BCUT2D eigenvalue weighted by atomic mass is 9.94. The first-order valence-electron chi connectivity index (χ1n) is 10.6. The highest BCUT2D eigenvalue weighted by Gasteiger charge is 2.49. The van der Waals surface area contributed by atoms with E-state index < -0.39 is 22.0 Å². The number of amides is 2. The van der Waals surface area contributed by atoms with Crippen LogP contribution in [-0.2, 0) is 19.6 Å². The Bertz CT molecular complexity index is 1030. The molecule has 1 saturated carbocycles. The van der Waals surface area contributed by atoms with Crippen LogP contribution in [0.5, 0.6) is 5.75 Å². The van der Waals surface area contributed by atoms with Gasteiger partial charge < -0.3 is 4.74 Å². The summed E-state index contributed by atoms with van der Waals surface area (Å²) >= 11 is 1.13. The number of hydrogen-bond donors (Lipinski definition) is 0. The maximum Gasteiger partial charge on any atom is 0.253 e. The molecule has 166 valence electrons. The predicted molar refractivity (Wildman–Crippen MR) is 119 cm³/mol. The van der Waals surface area contributed by atoms with Crippen molar-refractivity contribution >= 4 is 38.9 Å². The van der Waals surface area contributed by atoms with Gasteiger partial charge in [-0.25, -0.2) is 13.3 Å². The number of sulfonamides is 1. The molecule has 2 fully saturated rings. The van der Waals surface area contributed by atoms with Crippen molar-refractivity contribution in [1.29, 1.82) is 0 Å². The average Bonchev–Trinajstić information content (AvgIpc) is 3.40. The van der Waals surface area contributed by atoms with Crippen LogP contribution in [0, 0.1) is 0 Å². The van der Waals surface area contributed by atoms with Gasteiger partial charge in [0.25, 0.3) is 15.9 Å². The van der Waals surface area contributed by atoms with E-state index in [1.165, 1.54) is 4.31 Å². The number of rotatable bonds is 7. The molecule has 31 heavy (non-hydrogen) atoms. The van der Waals surface area contributed by atoms with Crippen molar-refractivity contribution in [2.45, 2.75) is 61.7 Å². The summed E-state index contributed by atoms with van der Waals surface area (Å²) in [7, 11) is -3.88. The average molecular weight is 463 g/mol. The van der Waals surface area contributed by atoms with E-state index in [1.807, 2.05) is 6.92 Å². The van der Waals surface area contributed by atoms with Crippen LogP contribution in [0.2, 0.25) is 0 Å². The highest BCUT2D eigenvalue weighted by Crippen LogP contribution is 2.36. The third kappa shape index (κ3) is 4.26. The molecule has 9 heteroatoms. The van der Waals surface area contributed by atoms with Crippen LogP contribution < -0.4 is 9.64 Å². The Morgan fingerprint density at radius 2 is 1.81 bits per heavy atom. The molecule has 1 unspecified atom stereocenters. The molecule has 4 rings (SSSR count). The lowest BCUT2D eigenvalue weighted by molar-refractivity contribution is -0.122. The van der Waals surface area contributed by atoms with Crippen molar-refractivity contribution in [1.82, 2.24) is 4.31 Å². The Morgan fingerprint density at radius 1 is 1.10 bits per heavy atom. The summed E-state index contributed by atoms with van der Waals surface area (Å²) in [6.45, 7) is 2.39. The zero-order valence-corrected chi connectivity index (χ0v) is 19.0. The summed E-state index contributed by atoms with van der Waals surface area (Å²) in [5.74, 6) is -0.229. The number of nitrogens with zero attached hydrogens (tertiary/aromatic N) is 2. The maximum absolute atomic E-state index is 13.5. The quantitative estimate of drug-likeness (QED) is 0.585. The summed E-state index contributed by atoms with van der Waals surface area (Å²) in [6, 6.07) is 8.66. The van der Waals surface area contributed by atoms with Gasteiger partial charge in [0.1, 0.15) is 16.0 Å². The third-order valence-corrected chi connectivity index (χ3v) is 9.13. The number of anilines is 1. The van der Waals surface area contributed by atoms with E-state index in [0.29, 0.717) is 30.9 Å². The largest absolute Gasteiger partial charge is 0.494 e. The molecule has 1 atom stereocenters. The van der Waals surface area contributed by atoms with Gasteiger partial charge in [0.2, 0.25) is 5.91 Å². The molecule has 0 N–H and O–H groups in total. The fourth-order valence-electron chi connectivity index (χ4n) is 4.41. The Labute approximate surface area is 186 Å². The van der Waals surface area contributed by atoms with E-state index >= 15 is 0 Å². The number of thiophene rings is 1. The van der Waals surface area contributed by atoms with Gasteiger partial charge in [-0.2, -0.15) is 4.31 Å². The predicted octanol–water partition coefficient (Wildman–Crippen LogP) is 3.80. The lowest BCUT2D eigenvalue weighted by Crippen LogP contribution is -2.51. The number of imide groups is 1. The molecule has 2 aromatic rings. The normalized spacial score (nSPS) is 20.6. The van der Waals surface area contributed by atoms with Crippen LogP contribution >= 0.6 is 11.3 Å². The minimum absolute atomic E-state index is 0.146. The summed E-state index contributed by atoms with van der Waals surface area (Å²) < 4.78 is 34.0.